The number of anilines is 1. The first kappa shape index (κ1) is 11.9. The minimum Gasteiger partial charge on any atom is -0.366 e. The Hall–Kier alpha value is -0.610. The highest BCUT2D eigenvalue weighted by atomic mass is 79.9. The summed E-state index contributed by atoms with van der Waals surface area (Å²) in [6.07, 6.45) is 6.63. The van der Waals surface area contributed by atoms with Gasteiger partial charge in [-0.2, -0.15) is 0 Å². The molecule has 0 radical (unpaired) electrons. The summed E-state index contributed by atoms with van der Waals surface area (Å²) >= 11 is 3.45. The molecule has 16 heavy (non-hydrogen) atoms. The van der Waals surface area contributed by atoms with Gasteiger partial charge in [0.15, 0.2) is 0 Å². The summed E-state index contributed by atoms with van der Waals surface area (Å²) in [6, 6.07) is 2.70. The second kappa shape index (κ2) is 5.15. The normalized spacial score (nSPS) is 25.4. The van der Waals surface area contributed by atoms with Crippen LogP contribution >= 0.6 is 15.9 Å². The number of nitrogens with two attached hydrogens (primary N) is 1. The molecule has 1 aliphatic carbocycles. The SMILES string of the molecule is Cc1cc(N[C@@H]2CCCC[C@H]2N)ncc1Br. The minimum atomic E-state index is 0.263. The quantitative estimate of drug-likeness (QED) is 0.878. The summed E-state index contributed by atoms with van der Waals surface area (Å²) in [5, 5.41) is 3.44. The van der Waals surface area contributed by atoms with E-state index in [2.05, 4.69) is 39.2 Å². The maximum Gasteiger partial charge on any atom is 0.126 e. The molecule has 0 spiro atoms. The van der Waals surface area contributed by atoms with Gasteiger partial charge in [0.05, 0.1) is 0 Å². The van der Waals surface area contributed by atoms with Gasteiger partial charge in [-0.25, -0.2) is 4.98 Å². The maximum absolute atomic E-state index is 6.10. The maximum atomic E-state index is 6.10. The Morgan fingerprint density at radius 3 is 2.88 bits per heavy atom. The number of hydrogen-bond donors (Lipinski definition) is 2. The molecule has 2 rings (SSSR count). The van der Waals surface area contributed by atoms with Crippen molar-refractivity contribution in [2.75, 3.05) is 5.32 Å². The van der Waals surface area contributed by atoms with Crippen LogP contribution in [0.3, 0.4) is 0 Å². The number of aryl methyl sites for hydroxylation is 1. The van der Waals surface area contributed by atoms with Crippen LogP contribution in [0, 0.1) is 6.92 Å². The Kier molecular flexibility index (Phi) is 3.82. The predicted molar refractivity (Wildman–Crippen MR) is 70.5 cm³/mol. The number of halogens is 1. The number of nitrogens with one attached hydrogen (secondary N) is 1. The van der Waals surface area contributed by atoms with Crippen LogP contribution in [0.2, 0.25) is 0 Å². The molecular formula is C12H18BrN3. The van der Waals surface area contributed by atoms with Crippen LogP contribution in [0.4, 0.5) is 5.82 Å². The average molecular weight is 284 g/mol. The molecule has 88 valence electrons. The Bertz CT molecular complexity index is 367. The molecule has 0 bridgehead atoms. The van der Waals surface area contributed by atoms with Gasteiger partial charge in [0, 0.05) is 22.8 Å². The van der Waals surface area contributed by atoms with Crippen LogP contribution in [-0.2, 0) is 0 Å². The minimum absolute atomic E-state index is 0.263. The van der Waals surface area contributed by atoms with Crippen molar-refractivity contribution in [1.29, 1.82) is 0 Å². The first-order chi connectivity index (χ1) is 7.66. The van der Waals surface area contributed by atoms with E-state index in [1.807, 2.05) is 6.20 Å². The Labute approximate surface area is 105 Å². The molecule has 2 atom stereocenters. The lowest BCUT2D eigenvalue weighted by Crippen LogP contribution is -2.42. The summed E-state index contributed by atoms with van der Waals surface area (Å²) in [5.74, 6) is 0.933. The standard InChI is InChI=1S/C12H18BrN3/c1-8-6-12(15-7-9(8)13)16-11-5-3-2-4-10(11)14/h6-7,10-11H,2-5,14H2,1H3,(H,15,16)/t10-,11-/m1/s1. The van der Waals surface area contributed by atoms with Gasteiger partial charge in [0.25, 0.3) is 0 Å². The van der Waals surface area contributed by atoms with E-state index < -0.39 is 0 Å². The molecule has 0 aliphatic heterocycles. The van der Waals surface area contributed by atoms with Crippen LogP contribution in [0.5, 0.6) is 0 Å². The highest BCUT2D eigenvalue weighted by molar-refractivity contribution is 9.10. The smallest absolute Gasteiger partial charge is 0.126 e. The highest BCUT2D eigenvalue weighted by Gasteiger charge is 2.21. The lowest BCUT2D eigenvalue weighted by Gasteiger charge is -2.29. The Morgan fingerprint density at radius 1 is 1.44 bits per heavy atom. The van der Waals surface area contributed by atoms with Crippen LogP contribution in [-0.4, -0.2) is 17.1 Å². The molecule has 4 heteroatoms. The van der Waals surface area contributed by atoms with Gasteiger partial charge >= 0.3 is 0 Å². The molecule has 3 N–H and O–H groups in total. The van der Waals surface area contributed by atoms with Crippen molar-refractivity contribution in [3.8, 4) is 0 Å². The van der Waals surface area contributed by atoms with Gasteiger partial charge < -0.3 is 11.1 Å². The van der Waals surface area contributed by atoms with Gasteiger partial charge in [-0.1, -0.05) is 12.8 Å². The number of hydrogen-bond acceptors (Lipinski definition) is 3. The lowest BCUT2D eigenvalue weighted by atomic mass is 9.91. The summed E-state index contributed by atoms with van der Waals surface area (Å²) in [4.78, 5) is 4.35. The van der Waals surface area contributed by atoms with Gasteiger partial charge in [-0.3, -0.25) is 0 Å². The van der Waals surface area contributed by atoms with Gasteiger partial charge in [-0.05, 0) is 47.3 Å². The fourth-order valence-corrected chi connectivity index (χ4v) is 2.36. The zero-order valence-corrected chi connectivity index (χ0v) is 11.1. The van der Waals surface area contributed by atoms with Crippen molar-refractivity contribution in [2.45, 2.75) is 44.7 Å². The predicted octanol–water partition coefficient (Wildman–Crippen LogP) is 2.83. The molecule has 3 nitrogen and oxygen atoms in total. The highest BCUT2D eigenvalue weighted by Crippen LogP contribution is 2.22. The van der Waals surface area contributed by atoms with Crippen molar-refractivity contribution in [2.24, 2.45) is 5.73 Å². The van der Waals surface area contributed by atoms with Crippen molar-refractivity contribution in [3.05, 3.63) is 22.3 Å². The van der Waals surface area contributed by atoms with E-state index in [1.54, 1.807) is 0 Å². The average Bonchev–Trinajstić information content (AvgIpc) is 2.27. The van der Waals surface area contributed by atoms with E-state index in [4.69, 9.17) is 5.73 Å². The third-order valence-corrected chi connectivity index (χ3v) is 4.03. The molecule has 0 unspecified atom stereocenters. The van der Waals surface area contributed by atoms with E-state index >= 15 is 0 Å². The molecule has 1 aliphatic rings. The van der Waals surface area contributed by atoms with E-state index in [-0.39, 0.29) is 6.04 Å². The van der Waals surface area contributed by atoms with E-state index in [9.17, 15) is 0 Å². The largest absolute Gasteiger partial charge is 0.366 e. The molecule has 1 fully saturated rings. The van der Waals surface area contributed by atoms with E-state index in [0.717, 1.165) is 23.1 Å². The Morgan fingerprint density at radius 2 is 2.19 bits per heavy atom. The number of pyridine rings is 1. The second-order valence-corrected chi connectivity index (χ2v) is 5.37. The van der Waals surface area contributed by atoms with E-state index in [1.165, 1.54) is 18.4 Å². The fraction of sp³-hybridized carbons (Fsp3) is 0.583. The molecule has 0 aromatic carbocycles. The molecule has 1 saturated carbocycles. The van der Waals surface area contributed by atoms with Crippen LogP contribution in [0.25, 0.3) is 0 Å². The number of nitrogens with zero attached hydrogens (tertiary/aromatic N) is 1. The van der Waals surface area contributed by atoms with Crippen molar-refractivity contribution < 1.29 is 0 Å². The first-order valence-corrected chi connectivity index (χ1v) is 6.60. The Balaban J connectivity index is 2.05. The van der Waals surface area contributed by atoms with E-state index in [0.29, 0.717) is 6.04 Å². The third kappa shape index (κ3) is 2.74. The molecular weight excluding hydrogens is 266 g/mol. The van der Waals surface area contributed by atoms with Gasteiger partial charge in [0.1, 0.15) is 5.82 Å². The third-order valence-electron chi connectivity index (χ3n) is 3.20. The summed E-state index contributed by atoms with van der Waals surface area (Å²) in [5.41, 5.74) is 7.29. The number of aromatic nitrogens is 1. The fourth-order valence-electron chi connectivity index (χ4n) is 2.15. The van der Waals surface area contributed by atoms with Crippen molar-refractivity contribution >= 4 is 21.7 Å². The van der Waals surface area contributed by atoms with Gasteiger partial charge in [0.2, 0.25) is 0 Å². The first-order valence-electron chi connectivity index (χ1n) is 5.81. The monoisotopic (exact) mass is 283 g/mol. The molecule has 0 amide bonds. The zero-order valence-electron chi connectivity index (χ0n) is 9.54. The summed E-state index contributed by atoms with van der Waals surface area (Å²) in [6.45, 7) is 2.07. The summed E-state index contributed by atoms with van der Waals surface area (Å²) in [7, 11) is 0. The lowest BCUT2D eigenvalue weighted by molar-refractivity contribution is 0.403. The molecule has 1 aromatic heterocycles. The number of rotatable bonds is 2. The van der Waals surface area contributed by atoms with Crippen LogP contribution in [0.15, 0.2) is 16.7 Å². The second-order valence-electron chi connectivity index (χ2n) is 4.52. The van der Waals surface area contributed by atoms with Crippen molar-refractivity contribution in [1.82, 2.24) is 4.98 Å². The van der Waals surface area contributed by atoms with Gasteiger partial charge in [-0.15, -0.1) is 0 Å². The molecule has 1 heterocycles. The van der Waals surface area contributed by atoms with Crippen molar-refractivity contribution in [3.63, 3.8) is 0 Å². The van der Waals surface area contributed by atoms with Crippen LogP contribution in [0.1, 0.15) is 31.2 Å². The molecule has 0 saturated heterocycles. The van der Waals surface area contributed by atoms with Crippen LogP contribution < -0.4 is 11.1 Å². The summed E-state index contributed by atoms with van der Waals surface area (Å²) < 4.78 is 1.05. The molecule has 1 aromatic rings. The topological polar surface area (TPSA) is 50.9 Å². The zero-order chi connectivity index (χ0) is 11.5.